The summed E-state index contributed by atoms with van der Waals surface area (Å²) in [4.78, 5) is 28.1. The lowest BCUT2D eigenvalue weighted by Crippen LogP contribution is -2.33. The summed E-state index contributed by atoms with van der Waals surface area (Å²) >= 11 is 1.32. The number of thiazole rings is 1. The summed E-state index contributed by atoms with van der Waals surface area (Å²) in [6.07, 6.45) is 0. The van der Waals surface area contributed by atoms with Crippen molar-refractivity contribution < 1.29 is 18.4 Å². The Bertz CT molecular complexity index is 972. The number of nitrogens with one attached hydrogen (secondary N) is 2. The van der Waals surface area contributed by atoms with E-state index < -0.39 is 23.4 Å². The molecule has 0 spiro atoms. The zero-order chi connectivity index (χ0) is 18.0. The second-order valence-corrected chi connectivity index (χ2v) is 6.33. The molecular weight excluding hydrogens is 348 g/mol. The molecule has 3 rings (SSSR count). The van der Waals surface area contributed by atoms with Crippen molar-refractivity contribution in [2.24, 2.45) is 0 Å². The van der Waals surface area contributed by atoms with Gasteiger partial charge in [-0.05, 0) is 30.7 Å². The quantitative estimate of drug-likeness (QED) is 0.749. The lowest BCUT2D eigenvalue weighted by molar-refractivity contribution is -0.115. The van der Waals surface area contributed by atoms with Gasteiger partial charge in [0.05, 0.1) is 22.3 Å². The van der Waals surface area contributed by atoms with Crippen LogP contribution in [-0.2, 0) is 4.79 Å². The number of carbonyl (C=O) groups is 2. The summed E-state index contributed by atoms with van der Waals surface area (Å²) in [5.41, 5.74) is 1.47. The Balaban J connectivity index is 1.62. The Morgan fingerprint density at radius 2 is 2.00 bits per heavy atom. The van der Waals surface area contributed by atoms with Gasteiger partial charge in [0.15, 0.2) is 5.13 Å². The number of fused-ring (bicyclic) bond motifs is 1. The molecule has 128 valence electrons. The summed E-state index contributed by atoms with van der Waals surface area (Å²) in [5.74, 6) is -3.06. The molecule has 0 aliphatic carbocycles. The Labute approximate surface area is 145 Å². The molecule has 2 amide bonds. The number of aromatic nitrogens is 1. The first-order chi connectivity index (χ1) is 11.9. The van der Waals surface area contributed by atoms with Gasteiger partial charge in [0.25, 0.3) is 5.91 Å². The molecule has 0 aliphatic heterocycles. The van der Waals surface area contributed by atoms with E-state index in [-0.39, 0.29) is 12.1 Å². The van der Waals surface area contributed by atoms with Crippen molar-refractivity contribution in [3.8, 4) is 0 Å². The van der Waals surface area contributed by atoms with E-state index in [4.69, 9.17) is 0 Å². The zero-order valence-electron chi connectivity index (χ0n) is 13.1. The zero-order valence-corrected chi connectivity index (χ0v) is 13.9. The number of anilines is 1. The maximum atomic E-state index is 13.5. The lowest BCUT2D eigenvalue weighted by Gasteiger charge is -2.06. The third-order valence-corrected chi connectivity index (χ3v) is 4.39. The van der Waals surface area contributed by atoms with E-state index in [1.54, 1.807) is 0 Å². The summed E-state index contributed by atoms with van der Waals surface area (Å²) in [6.45, 7) is 1.57. The van der Waals surface area contributed by atoms with E-state index in [1.165, 1.54) is 11.3 Å². The maximum absolute atomic E-state index is 13.5. The van der Waals surface area contributed by atoms with Crippen LogP contribution < -0.4 is 10.6 Å². The standard InChI is InChI=1S/C17H13F2N3O2S/c1-9-3-2-4-13-15(9)22-17(25-13)21-14(23)8-20-16(24)11-6-5-10(18)7-12(11)19/h2-7H,8H2,1H3,(H,20,24)(H,21,22,23). The highest BCUT2D eigenvalue weighted by Gasteiger charge is 2.14. The van der Waals surface area contributed by atoms with Crippen molar-refractivity contribution in [2.75, 3.05) is 11.9 Å². The molecule has 0 saturated heterocycles. The van der Waals surface area contributed by atoms with Crippen molar-refractivity contribution >= 4 is 38.5 Å². The van der Waals surface area contributed by atoms with Crippen LogP contribution in [-0.4, -0.2) is 23.3 Å². The first-order valence-electron chi connectivity index (χ1n) is 7.33. The second kappa shape index (κ2) is 6.94. The Hall–Kier alpha value is -2.87. The number of para-hydroxylation sites is 1. The summed E-state index contributed by atoms with van der Waals surface area (Å²) in [6, 6.07) is 8.33. The molecule has 5 nitrogen and oxygen atoms in total. The molecule has 0 aliphatic rings. The number of aryl methyl sites for hydroxylation is 1. The van der Waals surface area contributed by atoms with Gasteiger partial charge in [-0.1, -0.05) is 23.5 Å². The van der Waals surface area contributed by atoms with E-state index in [1.807, 2.05) is 25.1 Å². The maximum Gasteiger partial charge on any atom is 0.254 e. The fraction of sp³-hybridized carbons (Fsp3) is 0.118. The number of rotatable bonds is 4. The molecule has 2 aromatic carbocycles. The molecule has 1 heterocycles. The van der Waals surface area contributed by atoms with Crippen molar-refractivity contribution in [2.45, 2.75) is 6.92 Å². The number of halogens is 2. The minimum absolute atomic E-state index is 0.329. The molecule has 8 heteroatoms. The number of amides is 2. The normalized spacial score (nSPS) is 10.7. The van der Waals surface area contributed by atoms with Gasteiger partial charge in [-0.25, -0.2) is 13.8 Å². The van der Waals surface area contributed by atoms with Gasteiger partial charge in [0.1, 0.15) is 11.6 Å². The molecule has 0 atom stereocenters. The minimum Gasteiger partial charge on any atom is -0.343 e. The highest BCUT2D eigenvalue weighted by atomic mass is 32.1. The molecule has 25 heavy (non-hydrogen) atoms. The smallest absolute Gasteiger partial charge is 0.254 e. The lowest BCUT2D eigenvalue weighted by atomic mass is 10.2. The number of hydrogen-bond donors (Lipinski definition) is 2. The second-order valence-electron chi connectivity index (χ2n) is 5.30. The van der Waals surface area contributed by atoms with Crippen LogP contribution in [0.2, 0.25) is 0 Å². The van der Waals surface area contributed by atoms with Crippen molar-refractivity contribution in [1.82, 2.24) is 10.3 Å². The van der Waals surface area contributed by atoms with Crippen LogP contribution in [0.25, 0.3) is 10.2 Å². The van der Waals surface area contributed by atoms with Crippen LogP contribution >= 0.6 is 11.3 Å². The molecule has 0 fully saturated rings. The van der Waals surface area contributed by atoms with Crippen LogP contribution in [0.5, 0.6) is 0 Å². The summed E-state index contributed by atoms with van der Waals surface area (Å²) in [7, 11) is 0. The van der Waals surface area contributed by atoms with Gasteiger partial charge in [0.2, 0.25) is 5.91 Å². The van der Waals surface area contributed by atoms with Crippen LogP contribution in [0, 0.1) is 18.6 Å². The summed E-state index contributed by atoms with van der Waals surface area (Å²) < 4.78 is 27.3. The van der Waals surface area contributed by atoms with Crippen LogP contribution in [0.3, 0.4) is 0 Å². The molecule has 3 aromatic rings. The highest BCUT2D eigenvalue weighted by molar-refractivity contribution is 7.22. The number of benzene rings is 2. The topological polar surface area (TPSA) is 71.1 Å². The van der Waals surface area contributed by atoms with E-state index in [0.29, 0.717) is 11.2 Å². The monoisotopic (exact) mass is 361 g/mol. The average molecular weight is 361 g/mol. The van der Waals surface area contributed by atoms with Crippen molar-refractivity contribution in [3.63, 3.8) is 0 Å². The summed E-state index contributed by atoms with van der Waals surface area (Å²) in [5, 5.41) is 5.29. The Morgan fingerprint density at radius 3 is 2.72 bits per heavy atom. The molecule has 0 radical (unpaired) electrons. The number of carbonyl (C=O) groups excluding carboxylic acids is 2. The fourth-order valence-corrected chi connectivity index (χ4v) is 3.19. The first-order valence-corrected chi connectivity index (χ1v) is 8.15. The molecule has 0 bridgehead atoms. The molecular formula is C17H13F2N3O2S. The number of hydrogen-bond acceptors (Lipinski definition) is 4. The molecule has 0 unspecified atom stereocenters. The van der Waals surface area contributed by atoms with E-state index in [9.17, 15) is 18.4 Å². The van der Waals surface area contributed by atoms with E-state index in [2.05, 4.69) is 15.6 Å². The molecule has 0 saturated carbocycles. The third kappa shape index (κ3) is 3.80. The van der Waals surface area contributed by atoms with Crippen LogP contribution in [0.1, 0.15) is 15.9 Å². The van der Waals surface area contributed by atoms with Crippen LogP contribution in [0.15, 0.2) is 36.4 Å². The SMILES string of the molecule is Cc1cccc2sc(NC(=O)CNC(=O)c3ccc(F)cc3F)nc12. The third-order valence-electron chi connectivity index (χ3n) is 3.45. The van der Waals surface area contributed by atoms with Gasteiger partial charge in [-0.3, -0.25) is 9.59 Å². The van der Waals surface area contributed by atoms with Gasteiger partial charge in [-0.15, -0.1) is 0 Å². The molecule has 2 N–H and O–H groups in total. The van der Waals surface area contributed by atoms with Gasteiger partial charge >= 0.3 is 0 Å². The van der Waals surface area contributed by atoms with E-state index >= 15 is 0 Å². The van der Waals surface area contributed by atoms with Gasteiger partial charge in [-0.2, -0.15) is 0 Å². The molecule has 1 aromatic heterocycles. The van der Waals surface area contributed by atoms with Gasteiger partial charge < -0.3 is 10.6 Å². The Kier molecular flexibility index (Phi) is 4.71. The predicted octanol–water partition coefficient (Wildman–Crippen LogP) is 3.25. The number of nitrogens with zero attached hydrogens (tertiary/aromatic N) is 1. The largest absolute Gasteiger partial charge is 0.343 e. The Morgan fingerprint density at radius 1 is 1.20 bits per heavy atom. The predicted molar refractivity (Wildman–Crippen MR) is 91.7 cm³/mol. The van der Waals surface area contributed by atoms with Crippen molar-refractivity contribution in [1.29, 1.82) is 0 Å². The highest BCUT2D eigenvalue weighted by Crippen LogP contribution is 2.27. The first kappa shape index (κ1) is 17.0. The van der Waals surface area contributed by atoms with Crippen molar-refractivity contribution in [3.05, 3.63) is 59.2 Å². The van der Waals surface area contributed by atoms with E-state index in [0.717, 1.165) is 27.9 Å². The average Bonchev–Trinajstić information content (AvgIpc) is 2.96. The fourth-order valence-electron chi connectivity index (χ4n) is 2.23. The minimum atomic E-state index is -0.987. The van der Waals surface area contributed by atoms with Gasteiger partial charge in [0, 0.05) is 6.07 Å². The van der Waals surface area contributed by atoms with Crippen LogP contribution in [0.4, 0.5) is 13.9 Å².